The minimum atomic E-state index is -4.54. The van der Waals surface area contributed by atoms with Crippen LogP contribution in [0.25, 0.3) is 0 Å². The Morgan fingerprint density at radius 3 is 2.19 bits per heavy atom. The molecule has 1 aliphatic carbocycles. The number of carbonyl (C=O) groups is 1. The molecule has 0 heterocycles. The van der Waals surface area contributed by atoms with Crippen molar-refractivity contribution in [3.8, 4) is 0 Å². The van der Waals surface area contributed by atoms with Crippen molar-refractivity contribution in [3.63, 3.8) is 0 Å². The van der Waals surface area contributed by atoms with Gasteiger partial charge in [0.1, 0.15) is 0 Å². The summed E-state index contributed by atoms with van der Waals surface area (Å²) in [6, 6.07) is 2.80. The molecule has 0 aromatic heterocycles. The van der Waals surface area contributed by atoms with Crippen LogP contribution in [0.2, 0.25) is 0 Å². The summed E-state index contributed by atoms with van der Waals surface area (Å²) in [5.41, 5.74) is -1.92. The summed E-state index contributed by atoms with van der Waals surface area (Å²) in [4.78, 5) is 11.3. The van der Waals surface area contributed by atoms with E-state index in [0.717, 1.165) is 24.3 Å². The Kier molecular flexibility index (Phi) is 5.82. The van der Waals surface area contributed by atoms with Gasteiger partial charge in [-0.2, -0.15) is 13.2 Å². The van der Waals surface area contributed by atoms with Gasteiger partial charge in [-0.3, -0.25) is 4.79 Å². The second-order valence-electron chi connectivity index (χ2n) is 6.38. The second-order valence-corrected chi connectivity index (χ2v) is 8.09. The fraction of sp³-hybridized carbons (Fsp3) is 0.471. The lowest BCUT2D eigenvalue weighted by Crippen LogP contribution is -2.42. The molecule has 0 amide bonds. The highest BCUT2D eigenvalue weighted by atomic mass is 32.2. The molecule has 5 nitrogen and oxygen atoms in total. The predicted octanol–water partition coefficient (Wildman–Crippen LogP) is 3.57. The number of carboxylic acid groups (broad SMARTS) is 1. The number of aliphatic carboxylic acids is 1. The van der Waals surface area contributed by atoms with Crippen LogP contribution < -0.4 is 4.72 Å². The molecule has 0 aliphatic heterocycles. The molecule has 0 bridgehead atoms. The van der Waals surface area contributed by atoms with Gasteiger partial charge in [-0.25, -0.2) is 13.1 Å². The zero-order chi connectivity index (χ0) is 19.6. The van der Waals surface area contributed by atoms with Crippen LogP contribution in [-0.2, 0) is 21.0 Å². The maximum atomic E-state index is 12.6. The highest BCUT2D eigenvalue weighted by Gasteiger charge is 2.40. The van der Waals surface area contributed by atoms with Crippen molar-refractivity contribution in [2.75, 3.05) is 0 Å². The van der Waals surface area contributed by atoms with Gasteiger partial charge in [0, 0.05) is 6.04 Å². The Balaban J connectivity index is 2.08. The number of sulfonamides is 1. The van der Waals surface area contributed by atoms with Gasteiger partial charge in [-0.15, -0.1) is 0 Å². The second kappa shape index (κ2) is 7.40. The van der Waals surface area contributed by atoms with E-state index in [1.807, 2.05) is 0 Å². The molecule has 2 rings (SSSR count). The van der Waals surface area contributed by atoms with E-state index in [2.05, 4.69) is 4.72 Å². The standard InChI is InChI=1S/C17H20F3NO4S/c1-2-9-16(15(22)23)10-7-13(8-11-16)21-26(24,25)14-5-3-12(4-6-14)17(18,19)20/h2-6,9,13,21H,7-8,10-11H2,1H3,(H,22,23). The first kappa shape index (κ1) is 20.4. The number of nitrogens with one attached hydrogen (secondary N) is 1. The molecular weight excluding hydrogens is 371 g/mol. The Morgan fingerprint density at radius 1 is 1.23 bits per heavy atom. The molecule has 0 atom stereocenters. The summed E-state index contributed by atoms with van der Waals surface area (Å²) in [6.45, 7) is 1.73. The van der Waals surface area contributed by atoms with Gasteiger partial charge >= 0.3 is 12.1 Å². The van der Waals surface area contributed by atoms with Crippen LogP contribution in [0, 0.1) is 5.41 Å². The molecule has 0 radical (unpaired) electrons. The van der Waals surface area contributed by atoms with Gasteiger partial charge in [0.05, 0.1) is 15.9 Å². The first-order valence-electron chi connectivity index (χ1n) is 8.07. The molecule has 1 saturated carbocycles. The molecule has 1 aromatic carbocycles. The number of halogens is 3. The van der Waals surface area contributed by atoms with Crippen molar-refractivity contribution in [2.24, 2.45) is 5.41 Å². The molecule has 1 aliphatic rings. The van der Waals surface area contributed by atoms with Crippen LogP contribution in [0.1, 0.15) is 38.2 Å². The Bertz CT molecular complexity index is 777. The molecule has 0 unspecified atom stereocenters. The average molecular weight is 391 g/mol. The van der Waals surface area contributed by atoms with E-state index in [0.29, 0.717) is 12.8 Å². The van der Waals surface area contributed by atoms with E-state index < -0.39 is 39.2 Å². The highest BCUT2D eigenvalue weighted by molar-refractivity contribution is 7.89. The number of carboxylic acids is 1. The molecule has 1 fully saturated rings. The summed E-state index contributed by atoms with van der Waals surface area (Å²) in [6.07, 6.45) is -0.0183. The Labute approximate surface area is 150 Å². The van der Waals surface area contributed by atoms with E-state index in [9.17, 15) is 31.5 Å². The Hall–Kier alpha value is -1.87. The third kappa shape index (κ3) is 4.45. The zero-order valence-corrected chi connectivity index (χ0v) is 14.9. The predicted molar refractivity (Wildman–Crippen MR) is 88.9 cm³/mol. The van der Waals surface area contributed by atoms with Gasteiger partial charge < -0.3 is 5.11 Å². The summed E-state index contributed by atoms with van der Waals surface area (Å²) < 4.78 is 64.9. The maximum Gasteiger partial charge on any atom is 0.416 e. The van der Waals surface area contributed by atoms with Crippen LogP contribution in [0.3, 0.4) is 0 Å². The lowest BCUT2D eigenvalue weighted by atomic mass is 9.72. The van der Waals surface area contributed by atoms with Gasteiger partial charge in [-0.1, -0.05) is 12.2 Å². The van der Waals surface area contributed by atoms with Gasteiger partial charge in [-0.05, 0) is 56.9 Å². The molecule has 1 aromatic rings. The average Bonchev–Trinajstić information content (AvgIpc) is 2.56. The Morgan fingerprint density at radius 2 is 1.77 bits per heavy atom. The van der Waals surface area contributed by atoms with Crippen molar-refractivity contribution < 1.29 is 31.5 Å². The molecule has 26 heavy (non-hydrogen) atoms. The molecule has 2 N–H and O–H groups in total. The molecule has 9 heteroatoms. The minimum absolute atomic E-state index is 0.256. The lowest BCUT2D eigenvalue weighted by molar-refractivity contribution is -0.147. The minimum Gasteiger partial charge on any atom is -0.481 e. The molecular formula is C17H20F3NO4S. The lowest BCUT2D eigenvalue weighted by Gasteiger charge is -2.34. The van der Waals surface area contributed by atoms with Crippen molar-refractivity contribution in [3.05, 3.63) is 42.0 Å². The van der Waals surface area contributed by atoms with Crippen molar-refractivity contribution in [2.45, 2.75) is 49.7 Å². The number of hydrogen-bond acceptors (Lipinski definition) is 3. The SMILES string of the molecule is CC=CC1(C(=O)O)CCC(NS(=O)(=O)c2ccc(C(F)(F)F)cc2)CC1. The third-order valence-corrected chi connectivity index (χ3v) is 6.14. The zero-order valence-electron chi connectivity index (χ0n) is 14.1. The molecule has 144 valence electrons. The normalized spacial score (nSPS) is 24.7. The topological polar surface area (TPSA) is 83.5 Å². The fourth-order valence-corrected chi connectivity index (χ4v) is 4.44. The summed E-state index contributed by atoms with van der Waals surface area (Å²) >= 11 is 0. The van der Waals surface area contributed by atoms with Crippen molar-refractivity contribution in [1.82, 2.24) is 4.72 Å². The third-order valence-electron chi connectivity index (χ3n) is 4.60. The van der Waals surface area contributed by atoms with Crippen LogP contribution in [0.5, 0.6) is 0 Å². The van der Waals surface area contributed by atoms with Gasteiger partial charge in [0.25, 0.3) is 0 Å². The van der Waals surface area contributed by atoms with E-state index in [-0.39, 0.29) is 17.7 Å². The summed E-state index contributed by atoms with van der Waals surface area (Å²) in [7, 11) is -3.97. The molecule has 0 saturated heterocycles. The monoisotopic (exact) mass is 391 g/mol. The molecule has 0 spiro atoms. The number of rotatable bonds is 5. The smallest absolute Gasteiger partial charge is 0.416 e. The van der Waals surface area contributed by atoms with Crippen molar-refractivity contribution >= 4 is 16.0 Å². The van der Waals surface area contributed by atoms with E-state index in [1.54, 1.807) is 19.1 Å². The van der Waals surface area contributed by atoms with Crippen molar-refractivity contribution in [1.29, 1.82) is 0 Å². The maximum absolute atomic E-state index is 12.6. The van der Waals surface area contributed by atoms with Crippen LogP contribution in [-0.4, -0.2) is 25.5 Å². The van der Waals surface area contributed by atoms with E-state index in [1.165, 1.54) is 0 Å². The first-order chi connectivity index (χ1) is 12.0. The van der Waals surface area contributed by atoms with Gasteiger partial charge in [0.2, 0.25) is 10.0 Å². The number of hydrogen-bond donors (Lipinski definition) is 2. The largest absolute Gasteiger partial charge is 0.481 e. The fourth-order valence-electron chi connectivity index (χ4n) is 3.13. The summed E-state index contributed by atoms with van der Waals surface area (Å²) in [5, 5.41) is 9.43. The summed E-state index contributed by atoms with van der Waals surface area (Å²) in [5.74, 6) is -0.945. The number of alkyl halides is 3. The van der Waals surface area contributed by atoms with Crippen LogP contribution in [0.4, 0.5) is 13.2 Å². The van der Waals surface area contributed by atoms with E-state index >= 15 is 0 Å². The number of allylic oxidation sites excluding steroid dienone is 1. The quantitative estimate of drug-likeness (QED) is 0.752. The van der Waals surface area contributed by atoms with Crippen LogP contribution >= 0.6 is 0 Å². The van der Waals surface area contributed by atoms with Gasteiger partial charge in [0.15, 0.2) is 0 Å². The van der Waals surface area contributed by atoms with Crippen LogP contribution in [0.15, 0.2) is 41.3 Å². The van der Waals surface area contributed by atoms with E-state index in [4.69, 9.17) is 0 Å². The number of benzene rings is 1. The highest BCUT2D eigenvalue weighted by Crippen LogP contribution is 2.38. The first-order valence-corrected chi connectivity index (χ1v) is 9.55.